The summed E-state index contributed by atoms with van der Waals surface area (Å²) in [5, 5.41) is 0. The predicted octanol–water partition coefficient (Wildman–Crippen LogP) is 1.99. The second-order valence-electron chi connectivity index (χ2n) is 3.02. The van der Waals surface area contributed by atoms with Crippen LogP contribution in [0.1, 0.15) is 6.42 Å². The van der Waals surface area contributed by atoms with E-state index in [2.05, 4.69) is 31.2 Å². The van der Waals surface area contributed by atoms with Crippen molar-refractivity contribution < 1.29 is 0 Å². The van der Waals surface area contributed by atoms with E-state index < -0.39 is 0 Å². The third-order valence-corrected chi connectivity index (χ3v) is 2.01. The summed E-state index contributed by atoms with van der Waals surface area (Å²) in [6, 6.07) is 0. The minimum Gasteiger partial charge on any atom is -0.302 e. The van der Waals surface area contributed by atoms with Gasteiger partial charge in [0.2, 0.25) is 0 Å². The summed E-state index contributed by atoms with van der Waals surface area (Å²) < 4.78 is 0. The fourth-order valence-electron chi connectivity index (χ4n) is 1.28. The van der Waals surface area contributed by atoms with E-state index in [9.17, 15) is 0 Å². The molecule has 1 rings (SSSR count). The van der Waals surface area contributed by atoms with Gasteiger partial charge in [-0.15, -0.1) is 0 Å². The van der Waals surface area contributed by atoms with Crippen molar-refractivity contribution in [1.82, 2.24) is 4.90 Å². The van der Waals surface area contributed by atoms with Crippen molar-refractivity contribution in [2.75, 3.05) is 20.1 Å². The van der Waals surface area contributed by atoms with Crippen LogP contribution >= 0.6 is 0 Å². The third-order valence-electron chi connectivity index (χ3n) is 2.01. The monoisotopic (exact) mass is 149 g/mol. The topological polar surface area (TPSA) is 3.24 Å². The average Bonchev–Trinajstić information content (AvgIpc) is 1.98. The number of likely N-dealkylation sites (N-methyl/N-ethyl adjacent to an activating group) is 1. The van der Waals surface area contributed by atoms with Gasteiger partial charge in [0.05, 0.1) is 0 Å². The summed E-state index contributed by atoms with van der Waals surface area (Å²) in [7, 11) is 2.13. The van der Waals surface area contributed by atoms with Gasteiger partial charge in [0, 0.05) is 13.1 Å². The first-order valence-electron chi connectivity index (χ1n) is 3.92. The lowest BCUT2D eigenvalue weighted by Gasteiger charge is -2.26. The number of allylic oxidation sites excluding steroid dienone is 2. The molecule has 0 aliphatic carbocycles. The van der Waals surface area contributed by atoms with Crippen LogP contribution < -0.4 is 0 Å². The zero-order valence-corrected chi connectivity index (χ0v) is 7.14. The molecule has 1 aliphatic heterocycles. The first-order valence-corrected chi connectivity index (χ1v) is 3.92. The molecule has 0 aromatic heterocycles. The highest BCUT2D eigenvalue weighted by molar-refractivity contribution is 5.34. The van der Waals surface area contributed by atoms with Gasteiger partial charge in [0.1, 0.15) is 0 Å². The number of nitrogens with zero attached hydrogens (tertiary/aromatic N) is 1. The fraction of sp³-hybridized carbons (Fsp3) is 0.400. The molecule has 0 aromatic carbocycles. The first kappa shape index (κ1) is 8.28. The summed E-state index contributed by atoms with van der Waals surface area (Å²) >= 11 is 0. The maximum atomic E-state index is 4.01. The molecule has 0 saturated carbocycles. The molecule has 1 fully saturated rings. The van der Waals surface area contributed by atoms with Crippen LogP contribution in [-0.4, -0.2) is 25.0 Å². The largest absolute Gasteiger partial charge is 0.302 e. The lowest BCUT2D eigenvalue weighted by molar-refractivity contribution is 0.348. The predicted molar refractivity (Wildman–Crippen MR) is 49.5 cm³/mol. The van der Waals surface area contributed by atoms with Crippen LogP contribution in [0.2, 0.25) is 0 Å². The molecule has 1 nitrogen and oxygen atoms in total. The summed E-state index contributed by atoms with van der Waals surface area (Å²) in [6.45, 7) is 9.84. The maximum absolute atomic E-state index is 4.01. The van der Waals surface area contributed by atoms with Crippen molar-refractivity contribution in [1.29, 1.82) is 0 Å². The van der Waals surface area contributed by atoms with Gasteiger partial charge >= 0.3 is 0 Å². The molecule has 0 bridgehead atoms. The van der Waals surface area contributed by atoms with Crippen molar-refractivity contribution in [2.45, 2.75) is 6.42 Å². The van der Waals surface area contributed by atoms with E-state index in [0.717, 1.165) is 19.5 Å². The second kappa shape index (κ2) is 3.54. The summed E-state index contributed by atoms with van der Waals surface area (Å²) in [5.74, 6) is 0. The quantitative estimate of drug-likeness (QED) is 0.551. The van der Waals surface area contributed by atoms with Gasteiger partial charge in [0.15, 0.2) is 0 Å². The number of rotatable bonds is 1. The van der Waals surface area contributed by atoms with Gasteiger partial charge in [-0.1, -0.05) is 25.3 Å². The molecule has 1 heterocycles. The van der Waals surface area contributed by atoms with Crippen LogP contribution in [0.25, 0.3) is 0 Å². The van der Waals surface area contributed by atoms with Crippen molar-refractivity contribution in [3.63, 3.8) is 0 Å². The highest BCUT2D eigenvalue weighted by Crippen LogP contribution is 2.18. The Balaban J connectivity index is 2.68. The van der Waals surface area contributed by atoms with Gasteiger partial charge in [-0.3, -0.25) is 0 Å². The average molecular weight is 149 g/mol. The molecule has 0 radical (unpaired) electrons. The minimum absolute atomic E-state index is 1.02. The Labute approximate surface area is 68.7 Å². The Morgan fingerprint density at radius 3 is 2.91 bits per heavy atom. The molecular formula is C10H15N. The molecule has 0 spiro atoms. The summed E-state index contributed by atoms with van der Waals surface area (Å²) in [6.07, 6.45) is 4.98. The van der Waals surface area contributed by atoms with Crippen LogP contribution in [0.5, 0.6) is 0 Å². The maximum Gasteiger partial charge on any atom is 0.0233 e. The Hall–Kier alpha value is -0.820. The van der Waals surface area contributed by atoms with Gasteiger partial charge in [-0.2, -0.15) is 0 Å². The molecular weight excluding hydrogens is 134 g/mol. The third kappa shape index (κ3) is 2.05. The molecule has 0 unspecified atom stereocenters. The molecule has 1 saturated heterocycles. The van der Waals surface area contributed by atoms with Crippen molar-refractivity contribution in [3.8, 4) is 0 Å². The highest BCUT2D eigenvalue weighted by Gasteiger charge is 2.12. The lowest BCUT2D eigenvalue weighted by atomic mass is 10.00. The SMILES string of the molecule is C=C/C=C1/CN(C)CCC1=C. The van der Waals surface area contributed by atoms with Gasteiger partial charge < -0.3 is 4.90 Å². The molecule has 0 N–H and O–H groups in total. The van der Waals surface area contributed by atoms with Crippen LogP contribution in [0.3, 0.4) is 0 Å². The van der Waals surface area contributed by atoms with Crippen molar-refractivity contribution >= 4 is 0 Å². The molecule has 0 atom stereocenters. The van der Waals surface area contributed by atoms with E-state index in [-0.39, 0.29) is 0 Å². The number of hydrogen-bond acceptors (Lipinski definition) is 1. The minimum atomic E-state index is 1.02. The van der Waals surface area contributed by atoms with Gasteiger partial charge in [0.25, 0.3) is 0 Å². The standard InChI is InChI=1S/C10H15N/c1-4-5-10-8-11(3)7-6-9(10)2/h4-5H,1-2,6-8H2,3H3/b10-5-. The second-order valence-corrected chi connectivity index (χ2v) is 3.02. The molecule has 0 amide bonds. The lowest BCUT2D eigenvalue weighted by Crippen LogP contribution is -2.28. The zero-order chi connectivity index (χ0) is 8.27. The number of hydrogen-bond donors (Lipinski definition) is 0. The number of piperidine rings is 1. The van der Waals surface area contributed by atoms with Crippen molar-refractivity contribution in [2.24, 2.45) is 0 Å². The zero-order valence-electron chi connectivity index (χ0n) is 7.14. The Morgan fingerprint density at radius 2 is 2.27 bits per heavy atom. The smallest absolute Gasteiger partial charge is 0.0233 e. The first-order chi connectivity index (χ1) is 5.24. The molecule has 0 aromatic rings. The Morgan fingerprint density at radius 1 is 1.55 bits per heavy atom. The van der Waals surface area contributed by atoms with E-state index in [0.29, 0.717) is 0 Å². The van der Waals surface area contributed by atoms with E-state index >= 15 is 0 Å². The Bertz CT molecular complexity index is 201. The van der Waals surface area contributed by atoms with Gasteiger partial charge in [-0.05, 0) is 24.6 Å². The summed E-state index contributed by atoms with van der Waals surface area (Å²) in [5.41, 5.74) is 2.59. The molecule has 1 aliphatic rings. The van der Waals surface area contributed by atoms with Crippen LogP contribution in [0, 0.1) is 0 Å². The van der Waals surface area contributed by atoms with Gasteiger partial charge in [-0.25, -0.2) is 0 Å². The number of likely N-dealkylation sites (tertiary alicyclic amines) is 1. The fourth-order valence-corrected chi connectivity index (χ4v) is 1.28. The van der Waals surface area contributed by atoms with E-state index in [4.69, 9.17) is 0 Å². The van der Waals surface area contributed by atoms with Crippen LogP contribution in [0.4, 0.5) is 0 Å². The van der Waals surface area contributed by atoms with E-state index in [1.165, 1.54) is 11.1 Å². The van der Waals surface area contributed by atoms with Crippen LogP contribution in [0.15, 0.2) is 36.5 Å². The van der Waals surface area contributed by atoms with Crippen molar-refractivity contribution in [3.05, 3.63) is 36.5 Å². The Kier molecular flexibility index (Phi) is 2.66. The molecule has 60 valence electrons. The summed E-state index contributed by atoms with van der Waals surface area (Å²) in [4.78, 5) is 2.30. The highest BCUT2D eigenvalue weighted by atomic mass is 15.1. The normalized spacial score (nSPS) is 24.1. The molecule has 11 heavy (non-hydrogen) atoms. The van der Waals surface area contributed by atoms with E-state index in [1.54, 1.807) is 0 Å². The van der Waals surface area contributed by atoms with Crippen LogP contribution in [-0.2, 0) is 0 Å². The molecule has 1 heteroatoms. The van der Waals surface area contributed by atoms with E-state index in [1.807, 2.05) is 6.08 Å².